The molecule has 4 rings (SSSR count). The summed E-state index contributed by atoms with van der Waals surface area (Å²) in [6.45, 7) is 2.00. The Labute approximate surface area is 180 Å². The average molecular weight is 447 g/mol. The highest BCUT2D eigenvalue weighted by molar-refractivity contribution is 5.92. The Morgan fingerprint density at radius 1 is 1.25 bits per heavy atom. The van der Waals surface area contributed by atoms with E-state index in [9.17, 15) is 27.9 Å². The zero-order valence-electron chi connectivity index (χ0n) is 17.1. The van der Waals surface area contributed by atoms with Gasteiger partial charge in [-0.1, -0.05) is 18.6 Å². The smallest absolute Gasteiger partial charge is 0.416 e. The number of benzene rings is 1. The van der Waals surface area contributed by atoms with Crippen molar-refractivity contribution in [3.05, 3.63) is 47.0 Å². The highest BCUT2D eigenvalue weighted by atomic mass is 19.4. The summed E-state index contributed by atoms with van der Waals surface area (Å²) in [6, 6.07) is 4.56. The molecule has 2 N–H and O–H groups in total. The van der Waals surface area contributed by atoms with Crippen LogP contribution in [0.4, 0.5) is 19.0 Å². The summed E-state index contributed by atoms with van der Waals surface area (Å²) in [5, 5.41) is 12.6. The van der Waals surface area contributed by atoms with Crippen molar-refractivity contribution in [1.82, 2.24) is 19.5 Å². The van der Waals surface area contributed by atoms with E-state index < -0.39 is 23.5 Å². The number of halogens is 3. The van der Waals surface area contributed by atoms with Crippen molar-refractivity contribution in [2.75, 3.05) is 5.32 Å². The summed E-state index contributed by atoms with van der Waals surface area (Å²) >= 11 is 0. The van der Waals surface area contributed by atoms with Crippen LogP contribution in [0.15, 0.2) is 24.3 Å². The van der Waals surface area contributed by atoms with Crippen LogP contribution in [0.1, 0.15) is 58.6 Å². The van der Waals surface area contributed by atoms with Gasteiger partial charge >= 0.3 is 12.1 Å². The number of imidazole rings is 1. The van der Waals surface area contributed by atoms with E-state index in [0.29, 0.717) is 23.3 Å². The molecule has 0 bridgehead atoms. The molecule has 168 valence electrons. The molecule has 11 heteroatoms. The fraction of sp³-hybridized carbons (Fsp3) is 0.381. The van der Waals surface area contributed by atoms with E-state index in [-0.39, 0.29) is 29.9 Å². The van der Waals surface area contributed by atoms with Crippen LogP contribution in [0.25, 0.3) is 11.2 Å². The van der Waals surface area contributed by atoms with Crippen LogP contribution < -0.4 is 5.32 Å². The van der Waals surface area contributed by atoms with Gasteiger partial charge in [-0.3, -0.25) is 4.79 Å². The number of carbonyl (C=O) groups is 2. The number of aldehydes is 1. The van der Waals surface area contributed by atoms with Gasteiger partial charge in [0.15, 0.2) is 23.6 Å². The molecule has 1 saturated carbocycles. The third-order valence-electron chi connectivity index (χ3n) is 5.77. The predicted molar refractivity (Wildman–Crippen MR) is 109 cm³/mol. The van der Waals surface area contributed by atoms with Crippen molar-refractivity contribution in [3.8, 4) is 0 Å². The lowest BCUT2D eigenvalue weighted by molar-refractivity contribution is -0.137. The first-order valence-corrected chi connectivity index (χ1v) is 10.1. The van der Waals surface area contributed by atoms with E-state index in [1.54, 1.807) is 0 Å². The van der Waals surface area contributed by atoms with Crippen LogP contribution in [0.5, 0.6) is 0 Å². The van der Waals surface area contributed by atoms with Crippen LogP contribution in [0, 0.1) is 5.92 Å². The first kappa shape index (κ1) is 21.7. The Hall–Kier alpha value is -3.50. The van der Waals surface area contributed by atoms with Crippen molar-refractivity contribution in [2.24, 2.45) is 5.92 Å². The topological polar surface area (TPSA) is 110 Å². The van der Waals surface area contributed by atoms with Crippen LogP contribution in [0.3, 0.4) is 0 Å². The molecule has 32 heavy (non-hydrogen) atoms. The number of carboxylic acid groups (broad SMARTS) is 1. The lowest BCUT2D eigenvalue weighted by Gasteiger charge is -2.32. The second-order valence-corrected chi connectivity index (χ2v) is 7.87. The molecular formula is C21H20F3N5O3. The Morgan fingerprint density at radius 3 is 2.47 bits per heavy atom. The zero-order valence-corrected chi connectivity index (χ0v) is 17.1. The Morgan fingerprint density at radius 2 is 1.94 bits per heavy atom. The van der Waals surface area contributed by atoms with Crippen molar-refractivity contribution in [3.63, 3.8) is 0 Å². The summed E-state index contributed by atoms with van der Waals surface area (Å²) in [6.07, 6.45) is -0.760. The summed E-state index contributed by atoms with van der Waals surface area (Å²) in [7, 11) is 0. The standard InChI is InChI=1S/C21H20F3N5O3/c1-11(13-3-2-4-13)25-17-16-18(28-19(27-17)20(31)32)26-15(10-30)29(16)9-12-5-7-14(8-6-12)21(22,23)24/h5-8,10-11,13H,2-4,9H2,1H3,(H,31,32)(H,25,27,28)/t11-/m1/s1. The molecule has 3 aromatic rings. The van der Waals surface area contributed by atoms with Crippen molar-refractivity contribution >= 4 is 29.2 Å². The highest BCUT2D eigenvalue weighted by Crippen LogP contribution is 2.33. The quantitative estimate of drug-likeness (QED) is 0.527. The number of carbonyl (C=O) groups excluding carboxylic acids is 1. The van der Waals surface area contributed by atoms with Crippen LogP contribution in [-0.4, -0.2) is 42.9 Å². The van der Waals surface area contributed by atoms with E-state index in [1.165, 1.54) is 16.7 Å². The van der Waals surface area contributed by atoms with E-state index in [1.807, 2.05) is 6.92 Å². The first-order valence-electron chi connectivity index (χ1n) is 10.1. The molecule has 1 aromatic carbocycles. The SMILES string of the molecule is C[C@@H](Nc1nc(C(=O)O)nc2nc(C=O)n(Cc3ccc(C(F)(F)F)cc3)c12)C1CCC1. The second-order valence-electron chi connectivity index (χ2n) is 7.87. The summed E-state index contributed by atoms with van der Waals surface area (Å²) in [4.78, 5) is 35.4. The van der Waals surface area contributed by atoms with Gasteiger partial charge in [-0.2, -0.15) is 13.2 Å². The second kappa shape index (κ2) is 8.21. The van der Waals surface area contributed by atoms with Gasteiger partial charge < -0.3 is 15.0 Å². The molecule has 1 aliphatic carbocycles. The molecule has 1 aliphatic rings. The van der Waals surface area contributed by atoms with Crippen molar-refractivity contribution in [1.29, 1.82) is 0 Å². The van der Waals surface area contributed by atoms with E-state index in [0.717, 1.165) is 31.4 Å². The Bertz CT molecular complexity index is 1170. The monoisotopic (exact) mass is 447 g/mol. The number of aromatic carboxylic acids is 1. The maximum absolute atomic E-state index is 12.9. The van der Waals surface area contributed by atoms with Gasteiger partial charge in [-0.25, -0.2) is 19.7 Å². The van der Waals surface area contributed by atoms with Gasteiger partial charge in [0.1, 0.15) is 5.52 Å². The molecule has 0 radical (unpaired) electrons. The lowest BCUT2D eigenvalue weighted by atomic mass is 9.80. The Kier molecular flexibility index (Phi) is 5.57. The third-order valence-corrected chi connectivity index (χ3v) is 5.77. The molecule has 2 aromatic heterocycles. The Balaban J connectivity index is 1.78. The normalized spacial score (nSPS) is 15.4. The van der Waals surface area contributed by atoms with Crippen LogP contribution >= 0.6 is 0 Å². The van der Waals surface area contributed by atoms with Gasteiger partial charge in [-0.15, -0.1) is 0 Å². The number of hydrogen-bond acceptors (Lipinski definition) is 6. The van der Waals surface area contributed by atoms with E-state index >= 15 is 0 Å². The average Bonchev–Trinajstić information content (AvgIpc) is 3.04. The fourth-order valence-corrected chi connectivity index (χ4v) is 3.75. The number of nitrogens with zero attached hydrogens (tertiary/aromatic N) is 4. The largest absolute Gasteiger partial charge is 0.475 e. The number of aromatic nitrogens is 4. The molecule has 0 aliphatic heterocycles. The van der Waals surface area contributed by atoms with Crippen molar-refractivity contribution < 1.29 is 27.9 Å². The summed E-state index contributed by atoms with van der Waals surface area (Å²) < 4.78 is 40.1. The fourth-order valence-electron chi connectivity index (χ4n) is 3.75. The minimum absolute atomic E-state index is 0.00223. The van der Waals surface area contributed by atoms with Gasteiger partial charge in [0.25, 0.3) is 0 Å². The molecule has 1 atom stereocenters. The van der Waals surface area contributed by atoms with Gasteiger partial charge in [0.05, 0.1) is 5.56 Å². The zero-order chi connectivity index (χ0) is 23.0. The molecule has 0 spiro atoms. The number of hydrogen-bond donors (Lipinski definition) is 2. The third kappa shape index (κ3) is 4.14. The highest BCUT2D eigenvalue weighted by Gasteiger charge is 2.30. The molecule has 2 heterocycles. The number of carboxylic acids is 1. The number of rotatable bonds is 7. The van der Waals surface area contributed by atoms with Crippen molar-refractivity contribution in [2.45, 2.75) is 44.9 Å². The molecular weight excluding hydrogens is 427 g/mol. The van der Waals surface area contributed by atoms with Crippen LogP contribution in [0.2, 0.25) is 0 Å². The van der Waals surface area contributed by atoms with Crippen LogP contribution in [-0.2, 0) is 12.7 Å². The van der Waals surface area contributed by atoms with Gasteiger partial charge in [0.2, 0.25) is 5.82 Å². The maximum Gasteiger partial charge on any atom is 0.416 e. The number of nitrogens with one attached hydrogen (secondary N) is 1. The number of anilines is 1. The molecule has 1 fully saturated rings. The van der Waals surface area contributed by atoms with E-state index in [2.05, 4.69) is 20.3 Å². The van der Waals surface area contributed by atoms with Gasteiger partial charge in [-0.05, 0) is 43.4 Å². The molecule has 0 unspecified atom stereocenters. The molecule has 0 saturated heterocycles. The molecule has 8 nitrogen and oxygen atoms in total. The predicted octanol–water partition coefficient (Wildman–Crippen LogP) is 4.00. The number of alkyl halides is 3. The minimum atomic E-state index is -4.45. The first-order chi connectivity index (χ1) is 15.2. The summed E-state index contributed by atoms with van der Waals surface area (Å²) in [5.41, 5.74) is 0.0667. The maximum atomic E-state index is 12.9. The molecule has 0 amide bonds. The van der Waals surface area contributed by atoms with Gasteiger partial charge in [0, 0.05) is 12.6 Å². The number of fused-ring (bicyclic) bond motifs is 1. The van der Waals surface area contributed by atoms with E-state index in [4.69, 9.17) is 0 Å². The minimum Gasteiger partial charge on any atom is -0.475 e. The summed E-state index contributed by atoms with van der Waals surface area (Å²) in [5.74, 6) is -1.20. The lowest BCUT2D eigenvalue weighted by Crippen LogP contribution is -2.31.